The minimum Gasteiger partial charge on any atom is -0.486 e. The van der Waals surface area contributed by atoms with Gasteiger partial charge in [0.25, 0.3) is 0 Å². The molecule has 1 N–H and O–H groups in total. The lowest BCUT2D eigenvalue weighted by atomic mass is 10.2. The molecule has 2 heterocycles. The molecule has 0 radical (unpaired) electrons. The quantitative estimate of drug-likeness (QED) is 0.933. The second kappa shape index (κ2) is 6.91. The number of rotatable bonds is 4. The molecule has 6 heteroatoms. The normalized spacial score (nSPS) is 14.2. The molecule has 2 aromatic rings. The number of urea groups is 1. The number of hydrogen-bond donors (Lipinski definition) is 1. The van der Waals surface area contributed by atoms with Gasteiger partial charge < -0.3 is 19.7 Å². The summed E-state index contributed by atoms with van der Waals surface area (Å²) < 4.78 is 11.1. The maximum Gasteiger partial charge on any atom is 0.317 e. The Morgan fingerprint density at radius 3 is 2.83 bits per heavy atom. The van der Waals surface area contributed by atoms with Crippen molar-refractivity contribution in [1.29, 1.82) is 0 Å². The topological polar surface area (TPSA) is 50.8 Å². The first-order chi connectivity index (χ1) is 11.1. The predicted octanol–water partition coefficient (Wildman–Crippen LogP) is 3.42. The van der Waals surface area contributed by atoms with Crippen molar-refractivity contribution in [2.75, 3.05) is 20.3 Å². The Morgan fingerprint density at radius 2 is 2.09 bits per heavy atom. The van der Waals surface area contributed by atoms with Gasteiger partial charge in [0.05, 0.1) is 6.04 Å². The van der Waals surface area contributed by atoms with Gasteiger partial charge in [-0.05, 0) is 36.1 Å². The van der Waals surface area contributed by atoms with Crippen molar-refractivity contribution in [3.8, 4) is 11.5 Å². The second-order valence-electron chi connectivity index (χ2n) is 5.44. The maximum absolute atomic E-state index is 12.3. The van der Waals surface area contributed by atoms with Crippen molar-refractivity contribution in [1.82, 2.24) is 10.2 Å². The van der Waals surface area contributed by atoms with Gasteiger partial charge in [0, 0.05) is 18.5 Å². The Bertz CT molecular complexity index is 672. The highest BCUT2D eigenvalue weighted by Gasteiger charge is 2.18. The Balaban J connectivity index is 1.58. The van der Waals surface area contributed by atoms with Crippen LogP contribution in [0.25, 0.3) is 0 Å². The number of benzene rings is 1. The molecule has 0 fully saturated rings. The maximum atomic E-state index is 12.3. The Morgan fingerprint density at radius 1 is 1.30 bits per heavy atom. The van der Waals surface area contributed by atoms with Gasteiger partial charge in [-0.15, -0.1) is 11.3 Å². The lowest BCUT2D eigenvalue weighted by Crippen LogP contribution is -2.38. The molecule has 1 aliphatic heterocycles. The van der Waals surface area contributed by atoms with Crippen molar-refractivity contribution in [3.63, 3.8) is 0 Å². The number of hydrogen-bond acceptors (Lipinski definition) is 4. The van der Waals surface area contributed by atoms with Gasteiger partial charge >= 0.3 is 6.03 Å². The fraction of sp³-hybridized carbons (Fsp3) is 0.353. The first kappa shape index (κ1) is 15.7. The van der Waals surface area contributed by atoms with E-state index in [2.05, 4.69) is 5.32 Å². The highest BCUT2D eigenvalue weighted by molar-refractivity contribution is 7.10. The van der Waals surface area contributed by atoms with Crippen LogP contribution in [-0.4, -0.2) is 31.2 Å². The number of nitrogens with zero attached hydrogens (tertiary/aromatic N) is 1. The van der Waals surface area contributed by atoms with Crippen LogP contribution in [-0.2, 0) is 6.54 Å². The standard InChI is InChI=1S/C17H20N2O3S/c1-12(16-4-3-9-23-16)19(2)17(20)18-11-13-5-6-14-15(10-13)22-8-7-21-14/h3-6,9-10,12H,7-8,11H2,1-2H3,(H,18,20). The van der Waals surface area contributed by atoms with Crippen LogP contribution in [0.4, 0.5) is 4.79 Å². The molecule has 0 spiro atoms. The van der Waals surface area contributed by atoms with E-state index in [1.54, 1.807) is 16.2 Å². The zero-order valence-electron chi connectivity index (χ0n) is 13.2. The number of carbonyl (C=O) groups excluding carboxylic acids is 1. The Labute approximate surface area is 139 Å². The summed E-state index contributed by atoms with van der Waals surface area (Å²) in [6.45, 7) is 3.62. The molecule has 0 aliphatic carbocycles. The van der Waals surface area contributed by atoms with Gasteiger partial charge in [0.2, 0.25) is 0 Å². The largest absolute Gasteiger partial charge is 0.486 e. The molecule has 1 aromatic heterocycles. The third kappa shape index (κ3) is 3.59. The summed E-state index contributed by atoms with van der Waals surface area (Å²) in [5, 5.41) is 4.96. The molecule has 0 saturated heterocycles. The zero-order valence-corrected chi connectivity index (χ0v) is 14.1. The summed E-state index contributed by atoms with van der Waals surface area (Å²) in [5.74, 6) is 1.50. The van der Waals surface area contributed by atoms with E-state index in [0.29, 0.717) is 19.8 Å². The molecule has 1 aromatic carbocycles. The minimum atomic E-state index is -0.0965. The van der Waals surface area contributed by atoms with E-state index in [4.69, 9.17) is 9.47 Å². The predicted molar refractivity (Wildman–Crippen MR) is 90.2 cm³/mol. The van der Waals surface area contributed by atoms with Crippen LogP contribution >= 0.6 is 11.3 Å². The fourth-order valence-electron chi connectivity index (χ4n) is 2.40. The average Bonchev–Trinajstić information content (AvgIpc) is 3.12. The molecule has 23 heavy (non-hydrogen) atoms. The number of ether oxygens (including phenoxy) is 2. The van der Waals surface area contributed by atoms with Crippen LogP contribution in [0.5, 0.6) is 11.5 Å². The summed E-state index contributed by atoms with van der Waals surface area (Å²) in [7, 11) is 1.81. The molecule has 1 unspecified atom stereocenters. The molecular formula is C17H20N2O3S. The van der Waals surface area contributed by atoms with Crippen molar-refractivity contribution in [3.05, 3.63) is 46.2 Å². The highest BCUT2D eigenvalue weighted by Crippen LogP contribution is 2.30. The van der Waals surface area contributed by atoms with E-state index in [1.807, 2.05) is 49.7 Å². The summed E-state index contributed by atoms with van der Waals surface area (Å²) >= 11 is 1.65. The van der Waals surface area contributed by atoms with E-state index in [1.165, 1.54) is 4.88 Å². The van der Waals surface area contributed by atoms with Crippen LogP contribution < -0.4 is 14.8 Å². The first-order valence-corrected chi connectivity index (χ1v) is 8.45. The van der Waals surface area contributed by atoms with Gasteiger partial charge in [-0.1, -0.05) is 12.1 Å². The van der Waals surface area contributed by atoms with Gasteiger partial charge in [-0.25, -0.2) is 4.79 Å². The number of amides is 2. The number of carbonyl (C=O) groups is 1. The van der Waals surface area contributed by atoms with Gasteiger partial charge in [-0.2, -0.15) is 0 Å². The molecule has 0 saturated carbocycles. The average molecular weight is 332 g/mol. The van der Waals surface area contributed by atoms with Crippen LogP contribution in [0.2, 0.25) is 0 Å². The zero-order chi connectivity index (χ0) is 16.2. The van der Waals surface area contributed by atoms with Crippen LogP contribution in [0.1, 0.15) is 23.4 Å². The number of fused-ring (bicyclic) bond motifs is 1. The minimum absolute atomic E-state index is 0.0512. The first-order valence-electron chi connectivity index (χ1n) is 7.58. The highest BCUT2D eigenvalue weighted by atomic mass is 32.1. The van der Waals surface area contributed by atoms with E-state index >= 15 is 0 Å². The molecule has 1 atom stereocenters. The van der Waals surface area contributed by atoms with Crippen LogP contribution in [0, 0.1) is 0 Å². The fourth-order valence-corrected chi connectivity index (χ4v) is 3.22. The van der Waals surface area contributed by atoms with Crippen molar-refractivity contribution in [2.24, 2.45) is 0 Å². The van der Waals surface area contributed by atoms with Crippen molar-refractivity contribution < 1.29 is 14.3 Å². The van der Waals surface area contributed by atoms with E-state index in [9.17, 15) is 4.79 Å². The molecule has 1 aliphatic rings. The van der Waals surface area contributed by atoms with E-state index in [0.717, 1.165) is 17.1 Å². The van der Waals surface area contributed by atoms with E-state index in [-0.39, 0.29) is 12.1 Å². The number of nitrogens with one attached hydrogen (secondary N) is 1. The molecule has 0 bridgehead atoms. The summed E-state index contributed by atoms with van der Waals surface area (Å²) in [5.41, 5.74) is 0.986. The molecule has 122 valence electrons. The van der Waals surface area contributed by atoms with Gasteiger partial charge in [0.15, 0.2) is 11.5 Å². The third-order valence-electron chi connectivity index (χ3n) is 3.91. The second-order valence-corrected chi connectivity index (χ2v) is 6.42. The number of thiophene rings is 1. The lowest BCUT2D eigenvalue weighted by Gasteiger charge is -2.24. The summed E-state index contributed by atoms with van der Waals surface area (Å²) in [6, 6.07) is 9.73. The monoisotopic (exact) mass is 332 g/mol. The molecule has 5 nitrogen and oxygen atoms in total. The summed E-state index contributed by atoms with van der Waals surface area (Å²) in [6.07, 6.45) is 0. The Kier molecular flexibility index (Phi) is 4.71. The molecule has 2 amide bonds. The van der Waals surface area contributed by atoms with Crippen molar-refractivity contribution in [2.45, 2.75) is 19.5 Å². The van der Waals surface area contributed by atoms with Gasteiger partial charge in [-0.3, -0.25) is 0 Å². The third-order valence-corrected chi connectivity index (χ3v) is 4.95. The molecule has 3 rings (SSSR count). The van der Waals surface area contributed by atoms with Crippen LogP contribution in [0.3, 0.4) is 0 Å². The van der Waals surface area contributed by atoms with Gasteiger partial charge in [0.1, 0.15) is 13.2 Å². The smallest absolute Gasteiger partial charge is 0.317 e. The van der Waals surface area contributed by atoms with Crippen molar-refractivity contribution >= 4 is 17.4 Å². The Hall–Kier alpha value is -2.21. The van der Waals surface area contributed by atoms with Crippen LogP contribution in [0.15, 0.2) is 35.7 Å². The SMILES string of the molecule is CC(c1cccs1)N(C)C(=O)NCc1ccc2c(c1)OCCO2. The lowest BCUT2D eigenvalue weighted by molar-refractivity contribution is 0.171. The summed E-state index contributed by atoms with van der Waals surface area (Å²) in [4.78, 5) is 15.2. The van der Waals surface area contributed by atoms with E-state index < -0.39 is 0 Å². The molecular weight excluding hydrogens is 312 g/mol.